The van der Waals surface area contributed by atoms with Gasteiger partial charge >= 0.3 is 0 Å². The number of amides is 3. The van der Waals surface area contributed by atoms with E-state index in [4.69, 9.17) is 11.6 Å². The summed E-state index contributed by atoms with van der Waals surface area (Å²) in [6, 6.07) is 37.4. The average molecular weight is 636 g/mol. The van der Waals surface area contributed by atoms with Gasteiger partial charge in [0, 0.05) is 26.9 Å². The molecule has 9 heteroatoms. The Morgan fingerprint density at radius 2 is 1.40 bits per heavy atom. The SMILES string of the molecule is O=C(Nc1cccc(SC(C(=O)Nc2ccc(F)cc2)c2ccccc2)c1)/C(=C/c1cccc(Cl)c1)NC(=O)c1ccccc1. The van der Waals surface area contributed by atoms with E-state index in [0.29, 0.717) is 32.4 Å². The second kappa shape index (κ2) is 15.0. The maximum Gasteiger partial charge on any atom is 0.272 e. The molecule has 0 saturated carbocycles. The molecule has 0 spiro atoms. The quantitative estimate of drug-likeness (QED) is 0.106. The Bertz CT molecular complexity index is 1830. The van der Waals surface area contributed by atoms with Gasteiger partial charge in [0.25, 0.3) is 11.8 Å². The number of hydrogen-bond acceptors (Lipinski definition) is 4. The van der Waals surface area contributed by atoms with Crippen LogP contribution in [0.15, 0.2) is 144 Å². The predicted molar refractivity (Wildman–Crippen MR) is 178 cm³/mol. The molecule has 0 aliphatic carbocycles. The maximum atomic E-state index is 13.5. The van der Waals surface area contributed by atoms with Crippen molar-refractivity contribution in [2.24, 2.45) is 0 Å². The lowest BCUT2D eigenvalue weighted by Gasteiger charge is -2.18. The van der Waals surface area contributed by atoms with E-state index in [1.54, 1.807) is 78.9 Å². The Kier molecular flexibility index (Phi) is 10.4. The fourth-order valence-corrected chi connectivity index (χ4v) is 5.61. The van der Waals surface area contributed by atoms with Crippen LogP contribution in [-0.4, -0.2) is 17.7 Å². The zero-order valence-electron chi connectivity index (χ0n) is 23.7. The summed E-state index contributed by atoms with van der Waals surface area (Å²) < 4.78 is 13.4. The summed E-state index contributed by atoms with van der Waals surface area (Å²) in [5, 5.41) is 8.27. The van der Waals surface area contributed by atoms with Gasteiger partial charge in [-0.1, -0.05) is 78.3 Å². The standard InChI is InChI=1S/C36H27ClFN3O3S/c37-27-14-7-9-24(21-27)22-32(41-34(42)26-12-5-2-6-13-26)35(43)40-30-15-8-16-31(23-30)45-33(25-10-3-1-4-11-25)36(44)39-29-19-17-28(38)18-20-29/h1-23,33H,(H,39,44)(H,40,43)(H,41,42)/b32-22-. The molecule has 0 radical (unpaired) electrons. The van der Waals surface area contributed by atoms with Crippen LogP contribution in [-0.2, 0) is 9.59 Å². The van der Waals surface area contributed by atoms with E-state index in [1.165, 1.54) is 36.0 Å². The fraction of sp³-hybridized carbons (Fsp3) is 0.0278. The smallest absolute Gasteiger partial charge is 0.272 e. The van der Waals surface area contributed by atoms with Crippen molar-refractivity contribution in [2.75, 3.05) is 10.6 Å². The highest BCUT2D eigenvalue weighted by Crippen LogP contribution is 2.37. The van der Waals surface area contributed by atoms with Gasteiger partial charge in [-0.25, -0.2) is 4.39 Å². The Morgan fingerprint density at radius 1 is 0.711 bits per heavy atom. The summed E-state index contributed by atoms with van der Waals surface area (Å²) in [7, 11) is 0. The van der Waals surface area contributed by atoms with E-state index in [9.17, 15) is 18.8 Å². The molecule has 6 nitrogen and oxygen atoms in total. The minimum Gasteiger partial charge on any atom is -0.325 e. The van der Waals surface area contributed by atoms with Gasteiger partial charge in [0.15, 0.2) is 0 Å². The van der Waals surface area contributed by atoms with Crippen molar-refractivity contribution in [1.29, 1.82) is 0 Å². The van der Waals surface area contributed by atoms with Crippen LogP contribution in [0.4, 0.5) is 15.8 Å². The fourth-order valence-electron chi connectivity index (χ4n) is 4.33. The molecule has 224 valence electrons. The number of nitrogens with one attached hydrogen (secondary N) is 3. The summed E-state index contributed by atoms with van der Waals surface area (Å²) in [4.78, 5) is 40.6. The van der Waals surface area contributed by atoms with Crippen LogP contribution >= 0.6 is 23.4 Å². The van der Waals surface area contributed by atoms with Crippen molar-refractivity contribution in [3.8, 4) is 0 Å². The lowest BCUT2D eigenvalue weighted by Crippen LogP contribution is -2.30. The molecule has 0 bridgehead atoms. The Morgan fingerprint density at radius 3 is 2.11 bits per heavy atom. The Labute approximate surface area is 269 Å². The molecule has 5 rings (SSSR count). The molecule has 0 saturated heterocycles. The number of halogens is 2. The van der Waals surface area contributed by atoms with Crippen molar-refractivity contribution in [2.45, 2.75) is 10.1 Å². The number of anilines is 2. The molecule has 1 unspecified atom stereocenters. The van der Waals surface area contributed by atoms with Gasteiger partial charge in [0.2, 0.25) is 5.91 Å². The molecule has 45 heavy (non-hydrogen) atoms. The number of rotatable bonds is 10. The normalized spacial score (nSPS) is 11.7. The molecular weight excluding hydrogens is 609 g/mol. The minimum absolute atomic E-state index is 0.0185. The van der Waals surface area contributed by atoms with Crippen LogP contribution in [0.3, 0.4) is 0 Å². The minimum atomic E-state index is -0.648. The molecule has 3 N–H and O–H groups in total. The van der Waals surface area contributed by atoms with Crippen LogP contribution in [0.25, 0.3) is 6.08 Å². The second-order valence-electron chi connectivity index (χ2n) is 9.82. The van der Waals surface area contributed by atoms with Gasteiger partial charge in [0.05, 0.1) is 0 Å². The number of thioether (sulfide) groups is 1. The highest BCUT2D eigenvalue weighted by molar-refractivity contribution is 8.00. The zero-order chi connectivity index (χ0) is 31.6. The largest absolute Gasteiger partial charge is 0.325 e. The molecule has 1 atom stereocenters. The average Bonchev–Trinajstić information content (AvgIpc) is 3.05. The highest BCUT2D eigenvalue weighted by Gasteiger charge is 2.23. The van der Waals surface area contributed by atoms with Gasteiger partial charge in [-0.15, -0.1) is 11.8 Å². The first-order valence-electron chi connectivity index (χ1n) is 13.9. The summed E-state index contributed by atoms with van der Waals surface area (Å²) in [6.45, 7) is 0. The maximum absolute atomic E-state index is 13.5. The first kappa shape index (κ1) is 31.3. The third kappa shape index (κ3) is 8.92. The Hall–Kier alpha value is -5.18. The zero-order valence-corrected chi connectivity index (χ0v) is 25.3. The van der Waals surface area contributed by atoms with E-state index in [2.05, 4.69) is 16.0 Å². The van der Waals surface area contributed by atoms with Crippen LogP contribution in [0.1, 0.15) is 26.7 Å². The van der Waals surface area contributed by atoms with Crippen molar-refractivity contribution in [3.63, 3.8) is 0 Å². The van der Waals surface area contributed by atoms with Gasteiger partial charge in [-0.2, -0.15) is 0 Å². The molecular formula is C36H27ClFN3O3S. The third-order valence-corrected chi connectivity index (χ3v) is 7.97. The Balaban J connectivity index is 1.37. The summed E-state index contributed by atoms with van der Waals surface area (Å²) in [5.74, 6) is -1.68. The highest BCUT2D eigenvalue weighted by atomic mass is 35.5. The molecule has 5 aromatic rings. The molecule has 0 aliphatic rings. The lowest BCUT2D eigenvalue weighted by atomic mass is 10.1. The van der Waals surface area contributed by atoms with Gasteiger partial charge in [-0.3, -0.25) is 14.4 Å². The van der Waals surface area contributed by atoms with E-state index in [0.717, 1.165) is 5.56 Å². The van der Waals surface area contributed by atoms with E-state index in [1.807, 2.05) is 36.4 Å². The third-order valence-electron chi connectivity index (χ3n) is 6.49. The number of benzene rings is 5. The van der Waals surface area contributed by atoms with Gasteiger partial charge in [-0.05, 0) is 83.9 Å². The summed E-state index contributed by atoms with van der Waals surface area (Å²) >= 11 is 7.45. The van der Waals surface area contributed by atoms with Crippen LogP contribution in [0.5, 0.6) is 0 Å². The molecule has 0 heterocycles. The topological polar surface area (TPSA) is 87.3 Å². The number of carbonyl (C=O) groups excluding carboxylic acids is 3. The monoisotopic (exact) mass is 635 g/mol. The number of hydrogen-bond donors (Lipinski definition) is 3. The van der Waals surface area contributed by atoms with Crippen molar-refractivity contribution < 1.29 is 18.8 Å². The van der Waals surface area contributed by atoms with E-state index < -0.39 is 22.9 Å². The molecule has 0 aliphatic heterocycles. The van der Waals surface area contributed by atoms with Crippen LogP contribution in [0.2, 0.25) is 5.02 Å². The summed E-state index contributed by atoms with van der Waals surface area (Å²) in [5.41, 5.74) is 2.74. The first-order valence-corrected chi connectivity index (χ1v) is 15.1. The molecule has 0 aromatic heterocycles. The lowest BCUT2D eigenvalue weighted by molar-refractivity contribution is -0.116. The molecule has 5 aromatic carbocycles. The van der Waals surface area contributed by atoms with Crippen LogP contribution in [0, 0.1) is 5.82 Å². The molecule has 3 amide bonds. The van der Waals surface area contributed by atoms with Crippen molar-refractivity contribution in [1.82, 2.24) is 5.32 Å². The second-order valence-corrected chi connectivity index (χ2v) is 11.4. The number of carbonyl (C=O) groups is 3. The van der Waals surface area contributed by atoms with Gasteiger partial charge < -0.3 is 16.0 Å². The van der Waals surface area contributed by atoms with Gasteiger partial charge in [0.1, 0.15) is 16.8 Å². The van der Waals surface area contributed by atoms with E-state index in [-0.39, 0.29) is 11.6 Å². The van der Waals surface area contributed by atoms with Crippen LogP contribution < -0.4 is 16.0 Å². The molecule has 0 fully saturated rings. The first-order chi connectivity index (χ1) is 21.8. The van der Waals surface area contributed by atoms with Crippen molar-refractivity contribution in [3.05, 3.63) is 167 Å². The predicted octanol–water partition coefficient (Wildman–Crippen LogP) is 8.36. The van der Waals surface area contributed by atoms with Crippen molar-refractivity contribution >= 4 is 58.5 Å². The summed E-state index contributed by atoms with van der Waals surface area (Å²) in [6.07, 6.45) is 1.55. The van der Waals surface area contributed by atoms with E-state index >= 15 is 0 Å².